The zero-order valence-corrected chi connectivity index (χ0v) is 19.0. The van der Waals surface area contributed by atoms with Gasteiger partial charge >= 0.3 is 0 Å². The zero-order chi connectivity index (χ0) is 22.2. The SMILES string of the molecule is CCNc1cc(OCNc2cccc(-n3c(=S)[nH][nH]c3=S)c2)ccc1C/C(C)=C/C#N. The van der Waals surface area contributed by atoms with Crippen LogP contribution in [0.2, 0.25) is 0 Å². The molecule has 160 valence electrons. The Bertz CT molecular complexity index is 1200. The third-order valence-electron chi connectivity index (χ3n) is 4.53. The molecule has 0 unspecified atom stereocenters. The fourth-order valence-electron chi connectivity index (χ4n) is 3.12. The van der Waals surface area contributed by atoms with Crippen LogP contribution in [0.5, 0.6) is 5.75 Å². The van der Waals surface area contributed by atoms with Crippen molar-refractivity contribution in [1.29, 1.82) is 5.26 Å². The van der Waals surface area contributed by atoms with Crippen molar-refractivity contribution in [3.8, 4) is 17.5 Å². The Balaban J connectivity index is 1.68. The highest BCUT2D eigenvalue weighted by Gasteiger charge is 2.06. The molecule has 0 spiro atoms. The molecule has 31 heavy (non-hydrogen) atoms. The molecule has 7 nitrogen and oxygen atoms in total. The Kier molecular flexibility index (Phi) is 7.65. The fraction of sp³-hybridized carbons (Fsp3) is 0.227. The number of rotatable bonds is 9. The minimum absolute atomic E-state index is 0.299. The molecule has 0 saturated carbocycles. The topological polar surface area (TPSA) is 93.6 Å². The number of hydrogen-bond donors (Lipinski definition) is 4. The Morgan fingerprint density at radius 2 is 1.94 bits per heavy atom. The molecule has 9 heteroatoms. The van der Waals surface area contributed by atoms with Crippen LogP contribution in [-0.4, -0.2) is 28.0 Å². The van der Waals surface area contributed by atoms with Crippen LogP contribution in [0, 0.1) is 20.9 Å². The number of hydrogen-bond acceptors (Lipinski definition) is 6. The molecule has 0 aliphatic rings. The first-order chi connectivity index (χ1) is 15.0. The summed E-state index contributed by atoms with van der Waals surface area (Å²) < 4.78 is 8.67. The predicted molar refractivity (Wildman–Crippen MR) is 129 cm³/mol. The maximum atomic E-state index is 8.84. The summed E-state index contributed by atoms with van der Waals surface area (Å²) in [5.41, 5.74) is 4.88. The van der Waals surface area contributed by atoms with E-state index in [0.29, 0.717) is 22.7 Å². The smallest absolute Gasteiger partial charge is 0.198 e. The van der Waals surface area contributed by atoms with E-state index in [9.17, 15) is 0 Å². The standard InChI is InChI=1S/C22H24N6OS2/c1-3-24-20-13-19(8-7-16(20)11-15(2)9-10-23)29-14-25-17-5-4-6-18(12-17)28-21(30)26-27-22(28)31/h4-9,12-13,24-25H,3,11,14H2,1-2H3,(H,26,30)(H,27,31)/b15-9+. The Labute approximate surface area is 191 Å². The van der Waals surface area contributed by atoms with Gasteiger partial charge in [0.05, 0.1) is 11.8 Å². The molecule has 0 fully saturated rings. The van der Waals surface area contributed by atoms with E-state index in [2.05, 4.69) is 26.9 Å². The highest BCUT2D eigenvalue weighted by Crippen LogP contribution is 2.25. The van der Waals surface area contributed by atoms with Crippen molar-refractivity contribution >= 4 is 35.8 Å². The van der Waals surface area contributed by atoms with Crippen molar-refractivity contribution in [2.45, 2.75) is 20.3 Å². The average Bonchev–Trinajstić information content (AvgIpc) is 3.08. The summed E-state index contributed by atoms with van der Waals surface area (Å²) >= 11 is 10.5. The summed E-state index contributed by atoms with van der Waals surface area (Å²) in [5, 5.41) is 21.1. The molecular weight excluding hydrogens is 428 g/mol. The summed E-state index contributed by atoms with van der Waals surface area (Å²) in [4.78, 5) is 0. The summed E-state index contributed by atoms with van der Waals surface area (Å²) in [6.07, 6.45) is 2.29. The van der Waals surface area contributed by atoms with Gasteiger partial charge in [-0.2, -0.15) is 5.26 Å². The number of ether oxygens (including phenoxy) is 1. The van der Waals surface area contributed by atoms with Crippen LogP contribution in [0.1, 0.15) is 19.4 Å². The van der Waals surface area contributed by atoms with Gasteiger partial charge in [-0.05, 0) is 74.5 Å². The molecular formula is C22H24N6OS2. The molecule has 0 atom stereocenters. The van der Waals surface area contributed by atoms with Gasteiger partial charge in [-0.3, -0.25) is 14.8 Å². The lowest BCUT2D eigenvalue weighted by Crippen LogP contribution is -2.10. The second-order valence-corrected chi connectivity index (χ2v) is 7.63. The average molecular weight is 453 g/mol. The highest BCUT2D eigenvalue weighted by atomic mass is 32.1. The van der Waals surface area contributed by atoms with Crippen LogP contribution in [0.3, 0.4) is 0 Å². The lowest BCUT2D eigenvalue weighted by Gasteiger charge is -2.15. The molecule has 3 aromatic rings. The van der Waals surface area contributed by atoms with E-state index < -0.39 is 0 Å². The molecule has 0 aliphatic carbocycles. The number of nitriles is 1. The van der Waals surface area contributed by atoms with Crippen molar-refractivity contribution < 1.29 is 4.74 Å². The number of nitrogens with zero attached hydrogens (tertiary/aromatic N) is 2. The number of aromatic nitrogens is 3. The third-order valence-corrected chi connectivity index (χ3v) is 5.10. The molecule has 0 radical (unpaired) electrons. The molecule has 1 aromatic heterocycles. The van der Waals surface area contributed by atoms with E-state index in [-0.39, 0.29) is 0 Å². The van der Waals surface area contributed by atoms with Gasteiger partial charge in [-0.15, -0.1) is 0 Å². The monoisotopic (exact) mass is 452 g/mol. The number of H-pyrrole nitrogens is 2. The first-order valence-electron chi connectivity index (χ1n) is 9.80. The number of anilines is 2. The van der Waals surface area contributed by atoms with E-state index in [1.807, 2.05) is 56.3 Å². The van der Waals surface area contributed by atoms with Crippen LogP contribution in [0.15, 0.2) is 54.1 Å². The van der Waals surface area contributed by atoms with Crippen LogP contribution in [-0.2, 0) is 6.42 Å². The van der Waals surface area contributed by atoms with Crippen molar-refractivity contribution in [2.75, 3.05) is 23.9 Å². The lowest BCUT2D eigenvalue weighted by molar-refractivity contribution is 0.347. The van der Waals surface area contributed by atoms with Gasteiger partial charge in [-0.1, -0.05) is 17.7 Å². The molecule has 0 saturated heterocycles. The summed E-state index contributed by atoms with van der Waals surface area (Å²) in [6, 6.07) is 15.8. The highest BCUT2D eigenvalue weighted by molar-refractivity contribution is 7.72. The molecule has 2 aromatic carbocycles. The van der Waals surface area contributed by atoms with Gasteiger partial charge in [0.1, 0.15) is 5.75 Å². The normalized spacial score (nSPS) is 11.1. The van der Waals surface area contributed by atoms with E-state index in [0.717, 1.165) is 40.5 Å². The largest absolute Gasteiger partial charge is 0.473 e. The Morgan fingerprint density at radius 3 is 2.65 bits per heavy atom. The van der Waals surface area contributed by atoms with Crippen LogP contribution in [0.4, 0.5) is 11.4 Å². The summed E-state index contributed by atoms with van der Waals surface area (Å²) in [6.45, 7) is 5.10. The molecule has 0 bridgehead atoms. The molecule has 4 N–H and O–H groups in total. The number of allylic oxidation sites excluding steroid dienone is 2. The van der Waals surface area contributed by atoms with Gasteiger partial charge in [0.25, 0.3) is 0 Å². The number of benzene rings is 2. The van der Waals surface area contributed by atoms with Crippen molar-refractivity contribution in [3.63, 3.8) is 0 Å². The predicted octanol–water partition coefficient (Wildman–Crippen LogP) is 5.49. The summed E-state index contributed by atoms with van der Waals surface area (Å²) in [5.74, 6) is 0.751. The second kappa shape index (κ2) is 10.6. The van der Waals surface area contributed by atoms with Gasteiger partial charge in [0.2, 0.25) is 0 Å². The first-order valence-corrected chi connectivity index (χ1v) is 10.6. The molecule has 1 heterocycles. The van der Waals surface area contributed by atoms with E-state index in [1.165, 1.54) is 0 Å². The van der Waals surface area contributed by atoms with Gasteiger partial charge in [-0.25, -0.2) is 0 Å². The number of nitrogens with one attached hydrogen (secondary N) is 4. The van der Waals surface area contributed by atoms with Gasteiger partial charge in [0.15, 0.2) is 16.3 Å². The van der Waals surface area contributed by atoms with Gasteiger partial charge in [0, 0.05) is 30.1 Å². The van der Waals surface area contributed by atoms with E-state index in [4.69, 9.17) is 34.4 Å². The van der Waals surface area contributed by atoms with Crippen molar-refractivity contribution in [2.24, 2.45) is 0 Å². The second-order valence-electron chi connectivity index (χ2n) is 6.86. The van der Waals surface area contributed by atoms with Crippen LogP contribution in [0.25, 0.3) is 5.69 Å². The zero-order valence-electron chi connectivity index (χ0n) is 17.4. The minimum Gasteiger partial charge on any atom is -0.473 e. The fourth-order valence-corrected chi connectivity index (χ4v) is 3.67. The van der Waals surface area contributed by atoms with E-state index >= 15 is 0 Å². The Hall–Kier alpha value is -3.35. The van der Waals surface area contributed by atoms with Crippen molar-refractivity contribution in [3.05, 3.63) is 69.2 Å². The third kappa shape index (κ3) is 5.84. The Morgan fingerprint density at radius 1 is 1.16 bits per heavy atom. The van der Waals surface area contributed by atoms with Crippen molar-refractivity contribution in [1.82, 2.24) is 14.8 Å². The van der Waals surface area contributed by atoms with Crippen LogP contribution >= 0.6 is 24.4 Å². The molecule has 0 aliphatic heterocycles. The quantitative estimate of drug-likeness (QED) is 0.195. The first kappa shape index (κ1) is 22.3. The minimum atomic E-state index is 0.299. The van der Waals surface area contributed by atoms with Crippen LogP contribution < -0.4 is 15.4 Å². The van der Waals surface area contributed by atoms with E-state index in [1.54, 1.807) is 10.6 Å². The molecule has 0 amide bonds. The summed E-state index contributed by atoms with van der Waals surface area (Å²) in [7, 11) is 0. The lowest BCUT2D eigenvalue weighted by atomic mass is 10.0. The van der Waals surface area contributed by atoms with Gasteiger partial charge < -0.3 is 15.4 Å². The molecule has 3 rings (SSSR count). The number of aromatic amines is 2. The maximum absolute atomic E-state index is 8.84. The maximum Gasteiger partial charge on any atom is 0.198 e.